The first-order chi connectivity index (χ1) is 17.3. The second kappa shape index (κ2) is 11.4. The molecule has 4 N–H and O–H groups in total. The Labute approximate surface area is 211 Å². The summed E-state index contributed by atoms with van der Waals surface area (Å²) in [6.07, 6.45) is 3.99. The lowest BCUT2D eigenvalue weighted by Gasteiger charge is -2.37. The summed E-state index contributed by atoms with van der Waals surface area (Å²) in [7, 11) is 0. The van der Waals surface area contributed by atoms with Crippen LogP contribution in [0.5, 0.6) is 0 Å². The van der Waals surface area contributed by atoms with Gasteiger partial charge < -0.3 is 26.0 Å². The second-order valence-electron chi connectivity index (χ2n) is 10.3. The van der Waals surface area contributed by atoms with Crippen LogP contribution in [0.25, 0.3) is 0 Å². The standard InChI is InChI=1S/C26H37N5O5/c1-17(32)29-10-12-30(13-11-29)22-14-23(24(33)28-21-8-6-20(7-9-21)26(35)36)31(16-22)25(34)19-4-2-18(15-27)3-5-19/h6-9,18-19,22-23H,2-5,10-16,27H2,1H3,(H,28,33)(H,35,36). The highest BCUT2D eigenvalue weighted by Gasteiger charge is 2.44. The topological polar surface area (TPSA) is 136 Å². The molecule has 2 atom stereocenters. The number of carboxylic acids is 1. The van der Waals surface area contributed by atoms with Gasteiger partial charge >= 0.3 is 5.97 Å². The van der Waals surface area contributed by atoms with Crippen molar-refractivity contribution < 1.29 is 24.3 Å². The predicted molar refractivity (Wildman–Crippen MR) is 134 cm³/mol. The number of likely N-dealkylation sites (tertiary alicyclic amines) is 1. The van der Waals surface area contributed by atoms with Crippen LogP contribution in [0.4, 0.5) is 5.69 Å². The van der Waals surface area contributed by atoms with E-state index in [1.54, 1.807) is 24.0 Å². The molecule has 36 heavy (non-hydrogen) atoms. The number of hydrogen-bond acceptors (Lipinski definition) is 6. The van der Waals surface area contributed by atoms with Gasteiger partial charge in [-0.3, -0.25) is 19.3 Å². The molecule has 3 amide bonds. The van der Waals surface area contributed by atoms with E-state index in [0.717, 1.165) is 38.8 Å². The molecule has 2 aliphatic heterocycles. The van der Waals surface area contributed by atoms with Crippen LogP contribution in [0, 0.1) is 11.8 Å². The SMILES string of the molecule is CC(=O)N1CCN(C2CC(C(=O)Nc3ccc(C(=O)O)cc3)N(C(=O)C3CCC(CN)CC3)C2)CC1. The van der Waals surface area contributed by atoms with Gasteiger partial charge in [0.2, 0.25) is 17.7 Å². The summed E-state index contributed by atoms with van der Waals surface area (Å²) < 4.78 is 0. The summed E-state index contributed by atoms with van der Waals surface area (Å²) >= 11 is 0. The Bertz CT molecular complexity index is 967. The highest BCUT2D eigenvalue weighted by Crippen LogP contribution is 2.33. The normalized spacial score (nSPS) is 27.1. The molecule has 0 bridgehead atoms. The fourth-order valence-corrected chi connectivity index (χ4v) is 5.77. The molecule has 3 fully saturated rings. The summed E-state index contributed by atoms with van der Waals surface area (Å²) in [5.41, 5.74) is 6.47. The average Bonchev–Trinajstić information content (AvgIpc) is 3.34. The average molecular weight is 500 g/mol. The van der Waals surface area contributed by atoms with Crippen molar-refractivity contribution in [1.82, 2.24) is 14.7 Å². The van der Waals surface area contributed by atoms with Gasteiger partial charge in [0.25, 0.3) is 0 Å². The third kappa shape index (κ3) is 5.87. The van der Waals surface area contributed by atoms with Gasteiger partial charge in [-0.05, 0) is 68.8 Å². The number of hydrogen-bond donors (Lipinski definition) is 3. The maximum absolute atomic E-state index is 13.6. The molecule has 4 rings (SSSR count). The molecule has 2 saturated heterocycles. The number of nitrogens with zero attached hydrogens (tertiary/aromatic N) is 3. The molecule has 2 heterocycles. The molecule has 1 aromatic rings. The van der Waals surface area contributed by atoms with E-state index in [4.69, 9.17) is 10.8 Å². The highest BCUT2D eigenvalue weighted by molar-refractivity contribution is 5.98. The molecule has 1 aromatic carbocycles. The summed E-state index contributed by atoms with van der Waals surface area (Å²) in [6, 6.07) is 5.48. The summed E-state index contributed by atoms with van der Waals surface area (Å²) in [4.78, 5) is 55.8. The van der Waals surface area contributed by atoms with Crippen LogP contribution < -0.4 is 11.1 Å². The van der Waals surface area contributed by atoms with Crippen molar-refractivity contribution in [3.8, 4) is 0 Å². The Morgan fingerprint density at radius 3 is 2.19 bits per heavy atom. The van der Waals surface area contributed by atoms with E-state index in [1.807, 2.05) is 4.90 Å². The van der Waals surface area contributed by atoms with Crippen molar-refractivity contribution in [2.45, 2.75) is 51.1 Å². The van der Waals surface area contributed by atoms with E-state index < -0.39 is 12.0 Å². The maximum Gasteiger partial charge on any atom is 0.335 e. The number of benzene rings is 1. The quantitative estimate of drug-likeness (QED) is 0.535. The van der Waals surface area contributed by atoms with Crippen LogP contribution in [0.1, 0.15) is 49.4 Å². The number of carbonyl (C=O) groups is 4. The Morgan fingerprint density at radius 1 is 1.00 bits per heavy atom. The lowest BCUT2D eigenvalue weighted by Crippen LogP contribution is -2.52. The second-order valence-corrected chi connectivity index (χ2v) is 10.3. The number of piperazine rings is 1. The number of aromatic carboxylic acids is 1. The van der Waals surface area contributed by atoms with E-state index in [2.05, 4.69) is 10.2 Å². The van der Waals surface area contributed by atoms with Crippen LogP contribution >= 0.6 is 0 Å². The zero-order valence-electron chi connectivity index (χ0n) is 20.9. The van der Waals surface area contributed by atoms with Crippen LogP contribution in [-0.2, 0) is 14.4 Å². The van der Waals surface area contributed by atoms with E-state index in [-0.39, 0.29) is 35.2 Å². The highest BCUT2D eigenvalue weighted by atomic mass is 16.4. The third-order valence-electron chi connectivity index (χ3n) is 8.07. The van der Waals surface area contributed by atoms with Gasteiger partial charge in [0.1, 0.15) is 6.04 Å². The molecule has 2 unspecified atom stereocenters. The first kappa shape index (κ1) is 26.1. The Morgan fingerprint density at radius 2 is 1.64 bits per heavy atom. The van der Waals surface area contributed by atoms with Gasteiger partial charge in [0.15, 0.2) is 0 Å². The van der Waals surface area contributed by atoms with Gasteiger partial charge in [-0.15, -0.1) is 0 Å². The van der Waals surface area contributed by atoms with Gasteiger partial charge in [0, 0.05) is 57.3 Å². The lowest BCUT2D eigenvalue weighted by atomic mass is 9.81. The molecule has 0 aromatic heterocycles. The van der Waals surface area contributed by atoms with Gasteiger partial charge in [-0.25, -0.2) is 4.79 Å². The first-order valence-electron chi connectivity index (χ1n) is 12.9. The van der Waals surface area contributed by atoms with Crippen molar-refractivity contribution in [1.29, 1.82) is 0 Å². The van der Waals surface area contributed by atoms with Gasteiger partial charge in [-0.2, -0.15) is 0 Å². The number of amides is 3. The monoisotopic (exact) mass is 499 g/mol. The van der Waals surface area contributed by atoms with E-state index in [9.17, 15) is 19.2 Å². The van der Waals surface area contributed by atoms with Crippen molar-refractivity contribution >= 4 is 29.4 Å². The molecule has 1 aliphatic carbocycles. The lowest BCUT2D eigenvalue weighted by molar-refractivity contribution is -0.141. The van der Waals surface area contributed by atoms with E-state index >= 15 is 0 Å². The van der Waals surface area contributed by atoms with Crippen molar-refractivity contribution in [3.05, 3.63) is 29.8 Å². The van der Waals surface area contributed by atoms with Crippen LogP contribution in [0.3, 0.4) is 0 Å². The van der Waals surface area contributed by atoms with Crippen LogP contribution in [0.2, 0.25) is 0 Å². The van der Waals surface area contributed by atoms with Gasteiger partial charge in [-0.1, -0.05) is 0 Å². The Hall–Kier alpha value is -2.98. The molecule has 10 nitrogen and oxygen atoms in total. The first-order valence-corrected chi connectivity index (χ1v) is 12.9. The molecule has 1 saturated carbocycles. The zero-order chi connectivity index (χ0) is 25.8. The predicted octanol–water partition coefficient (Wildman–Crippen LogP) is 1.22. The molecule has 0 radical (unpaired) electrons. The summed E-state index contributed by atoms with van der Waals surface area (Å²) in [5, 5.41) is 12.0. The summed E-state index contributed by atoms with van der Waals surface area (Å²) in [5.74, 6) is -0.810. The fourth-order valence-electron chi connectivity index (χ4n) is 5.77. The Balaban J connectivity index is 1.47. The molecule has 0 spiro atoms. The van der Waals surface area contributed by atoms with E-state index in [1.165, 1.54) is 12.1 Å². The number of carboxylic acid groups (broad SMARTS) is 1. The zero-order valence-corrected chi connectivity index (χ0v) is 20.9. The minimum absolute atomic E-state index is 0.0386. The van der Waals surface area contributed by atoms with Crippen LogP contribution in [-0.4, -0.2) is 94.8 Å². The molecular weight excluding hydrogens is 462 g/mol. The van der Waals surface area contributed by atoms with Gasteiger partial charge in [0.05, 0.1) is 5.56 Å². The Kier molecular flexibility index (Phi) is 8.25. The molecular formula is C26H37N5O5. The van der Waals surface area contributed by atoms with Crippen molar-refractivity contribution in [3.63, 3.8) is 0 Å². The number of nitrogens with two attached hydrogens (primary N) is 1. The number of anilines is 1. The third-order valence-corrected chi connectivity index (χ3v) is 8.07. The fraction of sp³-hybridized carbons (Fsp3) is 0.615. The van der Waals surface area contributed by atoms with E-state index in [0.29, 0.717) is 44.2 Å². The maximum atomic E-state index is 13.6. The molecule has 10 heteroatoms. The largest absolute Gasteiger partial charge is 0.478 e. The smallest absolute Gasteiger partial charge is 0.335 e. The number of carbonyl (C=O) groups excluding carboxylic acids is 3. The number of rotatable bonds is 6. The van der Waals surface area contributed by atoms with Crippen LogP contribution in [0.15, 0.2) is 24.3 Å². The van der Waals surface area contributed by atoms with Crippen molar-refractivity contribution in [2.24, 2.45) is 17.6 Å². The summed E-state index contributed by atoms with van der Waals surface area (Å²) in [6.45, 7) is 5.45. The minimum atomic E-state index is -1.03. The molecule has 3 aliphatic rings. The minimum Gasteiger partial charge on any atom is -0.478 e. The van der Waals surface area contributed by atoms with Crippen molar-refractivity contribution in [2.75, 3.05) is 44.6 Å². The number of nitrogens with one attached hydrogen (secondary N) is 1. The molecule has 196 valence electrons.